The first-order valence-corrected chi connectivity index (χ1v) is 8.26. The van der Waals surface area contributed by atoms with Crippen LogP contribution in [0, 0.1) is 0 Å². The molecule has 0 aliphatic carbocycles. The third-order valence-corrected chi connectivity index (χ3v) is 4.37. The van der Waals surface area contributed by atoms with Gasteiger partial charge >= 0.3 is 0 Å². The fourth-order valence-corrected chi connectivity index (χ4v) is 3.08. The highest BCUT2D eigenvalue weighted by molar-refractivity contribution is 6.01. The SMILES string of the molecule is CN1NN(CC(=O)c2ccc3ccccc3c2)C=C1c1ccccc1. The van der Waals surface area contributed by atoms with Crippen LogP contribution in [-0.4, -0.2) is 29.4 Å². The Morgan fingerprint density at radius 3 is 2.44 bits per heavy atom. The molecule has 4 heteroatoms. The summed E-state index contributed by atoms with van der Waals surface area (Å²) in [5.41, 5.74) is 6.06. The first-order valence-electron chi connectivity index (χ1n) is 8.26. The molecule has 0 bridgehead atoms. The Bertz CT molecular complexity index is 950. The maximum atomic E-state index is 12.7. The molecule has 25 heavy (non-hydrogen) atoms. The van der Waals surface area contributed by atoms with Gasteiger partial charge in [0.15, 0.2) is 5.78 Å². The minimum atomic E-state index is 0.0808. The molecular formula is C21H19N3O. The molecule has 0 amide bonds. The number of carbonyl (C=O) groups is 1. The Kier molecular flexibility index (Phi) is 3.96. The third kappa shape index (κ3) is 3.12. The summed E-state index contributed by atoms with van der Waals surface area (Å²) < 4.78 is 0. The zero-order chi connectivity index (χ0) is 17.2. The van der Waals surface area contributed by atoms with Crippen LogP contribution in [0.4, 0.5) is 0 Å². The van der Waals surface area contributed by atoms with E-state index in [1.165, 1.54) is 0 Å². The molecule has 3 aromatic rings. The fourth-order valence-electron chi connectivity index (χ4n) is 3.08. The molecule has 124 valence electrons. The lowest BCUT2D eigenvalue weighted by Gasteiger charge is -2.20. The summed E-state index contributed by atoms with van der Waals surface area (Å²) in [5.74, 6) is 0.0808. The van der Waals surface area contributed by atoms with Gasteiger partial charge in [-0.2, -0.15) is 0 Å². The van der Waals surface area contributed by atoms with E-state index in [-0.39, 0.29) is 12.3 Å². The Morgan fingerprint density at radius 1 is 0.920 bits per heavy atom. The number of ketones is 1. The molecule has 3 aromatic carbocycles. The second-order valence-corrected chi connectivity index (χ2v) is 6.15. The van der Waals surface area contributed by atoms with Crippen LogP contribution in [-0.2, 0) is 0 Å². The van der Waals surface area contributed by atoms with Gasteiger partial charge in [-0.25, -0.2) is 0 Å². The van der Waals surface area contributed by atoms with Crippen molar-refractivity contribution in [2.24, 2.45) is 0 Å². The highest BCUT2D eigenvalue weighted by Gasteiger charge is 2.20. The molecule has 4 rings (SSSR count). The second kappa shape index (κ2) is 6.42. The molecule has 1 N–H and O–H groups in total. The van der Waals surface area contributed by atoms with Crippen molar-refractivity contribution in [2.45, 2.75) is 0 Å². The normalized spacial score (nSPS) is 14.0. The molecule has 0 spiro atoms. The van der Waals surface area contributed by atoms with E-state index in [0.717, 1.165) is 27.6 Å². The van der Waals surface area contributed by atoms with Crippen LogP contribution in [0.25, 0.3) is 16.5 Å². The molecule has 0 saturated carbocycles. The highest BCUT2D eigenvalue weighted by atomic mass is 16.1. The van der Waals surface area contributed by atoms with Gasteiger partial charge in [-0.1, -0.05) is 66.7 Å². The number of nitrogens with zero attached hydrogens (tertiary/aromatic N) is 2. The van der Waals surface area contributed by atoms with E-state index >= 15 is 0 Å². The Hall–Kier alpha value is -3.11. The summed E-state index contributed by atoms with van der Waals surface area (Å²) in [7, 11) is 1.94. The number of Topliss-reactive ketones (excluding diaryl/α,β-unsaturated/α-hetero) is 1. The lowest BCUT2D eigenvalue weighted by atomic mass is 10.0. The molecule has 0 saturated heterocycles. The first-order chi connectivity index (χ1) is 12.2. The van der Waals surface area contributed by atoms with Crippen molar-refractivity contribution in [2.75, 3.05) is 13.6 Å². The minimum absolute atomic E-state index is 0.0808. The Balaban J connectivity index is 1.53. The molecule has 4 nitrogen and oxygen atoms in total. The number of carbonyl (C=O) groups excluding carboxylic acids is 1. The van der Waals surface area contributed by atoms with Crippen molar-refractivity contribution in [1.29, 1.82) is 0 Å². The number of hydrazine groups is 2. The molecule has 0 atom stereocenters. The zero-order valence-electron chi connectivity index (χ0n) is 14.0. The monoisotopic (exact) mass is 329 g/mol. The van der Waals surface area contributed by atoms with Crippen LogP contribution in [0.5, 0.6) is 0 Å². The second-order valence-electron chi connectivity index (χ2n) is 6.15. The van der Waals surface area contributed by atoms with Crippen LogP contribution >= 0.6 is 0 Å². The predicted octanol–water partition coefficient (Wildman–Crippen LogP) is 3.69. The molecule has 0 fully saturated rings. The highest BCUT2D eigenvalue weighted by Crippen LogP contribution is 2.22. The molecule has 1 heterocycles. The van der Waals surface area contributed by atoms with Crippen molar-refractivity contribution in [3.05, 3.63) is 90.1 Å². The number of hydrogen-bond acceptors (Lipinski definition) is 4. The molecule has 1 aliphatic heterocycles. The average Bonchev–Trinajstić information content (AvgIpc) is 3.02. The summed E-state index contributed by atoms with van der Waals surface area (Å²) in [4.78, 5) is 12.7. The molecular weight excluding hydrogens is 310 g/mol. The number of benzene rings is 3. The van der Waals surface area contributed by atoms with Gasteiger partial charge in [-0.05, 0) is 16.8 Å². The number of fused-ring (bicyclic) bond motifs is 1. The largest absolute Gasteiger partial charge is 0.292 e. The van der Waals surface area contributed by atoms with E-state index in [4.69, 9.17) is 0 Å². The maximum absolute atomic E-state index is 12.7. The zero-order valence-corrected chi connectivity index (χ0v) is 14.0. The summed E-state index contributed by atoms with van der Waals surface area (Å²) in [6, 6.07) is 24.0. The van der Waals surface area contributed by atoms with E-state index in [1.54, 1.807) is 0 Å². The number of nitrogens with one attached hydrogen (secondary N) is 1. The van der Waals surface area contributed by atoms with Gasteiger partial charge in [0.05, 0.1) is 12.2 Å². The number of hydrogen-bond donors (Lipinski definition) is 1. The summed E-state index contributed by atoms with van der Waals surface area (Å²) in [6.07, 6.45) is 1.97. The molecule has 0 aromatic heterocycles. The van der Waals surface area contributed by atoms with E-state index in [1.807, 2.05) is 77.9 Å². The first kappa shape index (κ1) is 15.4. The summed E-state index contributed by atoms with van der Waals surface area (Å²) >= 11 is 0. The standard InChI is InChI=1S/C21H19N3O/c1-23-20(17-8-3-2-4-9-17)14-24(22-23)15-21(25)19-12-11-16-7-5-6-10-18(16)13-19/h2-14,22H,15H2,1H3. The van der Waals surface area contributed by atoms with Gasteiger partial charge in [0.25, 0.3) is 0 Å². The van der Waals surface area contributed by atoms with E-state index in [9.17, 15) is 4.79 Å². The van der Waals surface area contributed by atoms with Gasteiger partial charge in [0.1, 0.15) is 0 Å². The van der Waals surface area contributed by atoms with Crippen LogP contribution in [0.2, 0.25) is 0 Å². The van der Waals surface area contributed by atoms with Crippen molar-refractivity contribution < 1.29 is 4.79 Å². The maximum Gasteiger partial charge on any atom is 0.183 e. The minimum Gasteiger partial charge on any atom is -0.292 e. The van der Waals surface area contributed by atoms with Crippen LogP contribution in [0.3, 0.4) is 0 Å². The lowest BCUT2D eigenvalue weighted by molar-refractivity contribution is 0.0885. The molecule has 0 radical (unpaired) electrons. The smallest absolute Gasteiger partial charge is 0.183 e. The van der Waals surface area contributed by atoms with Crippen molar-refractivity contribution >= 4 is 22.3 Å². The van der Waals surface area contributed by atoms with Crippen LogP contribution in [0.15, 0.2) is 79.0 Å². The van der Waals surface area contributed by atoms with Crippen molar-refractivity contribution in [3.63, 3.8) is 0 Å². The van der Waals surface area contributed by atoms with Crippen LogP contribution in [0.1, 0.15) is 15.9 Å². The van der Waals surface area contributed by atoms with E-state index in [0.29, 0.717) is 0 Å². The van der Waals surface area contributed by atoms with E-state index < -0.39 is 0 Å². The quantitative estimate of drug-likeness (QED) is 0.741. The summed E-state index contributed by atoms with van der Waals surface area (Å²) in [5, 5.41) is 5.97. The number of rotatable bonds is 4. The van der Waals surface area contributed by atoms with Gasteiger partial charge in [0.2, 0.25) is 0 Å². The topological polar surface area (TPSA) is 35.6 Å². The summed E-state index contributed by atoms with van der Waals surface area (Å²) in [6.45, 7) is 0.277. The molecule has 1 aliphatic rings. The van der Waals surface area contributed by atoms with Gasteiger partial charge < -0.3 is 0 Å². The van der Waals surface area contributed by atoms with Crippen molar-refractivity contribution in [1.82, 2.24) is 15.6 Å². The van der Waals surface area contributed by atoms with Crippen molar-refractivity contribution in [3.8, 4) is 0 Å². The van der Waals surface area contributed by atoms with Gasteiger partial charge in [0, 0.05) is 24.4 Å². The predicted molar refractivity (Wildman–Crippen MR) is 100 cm³/mol. The fraction of sp³-hybridized carbons (Fsp3) is 0.0952. The third-order valence-electron chi connectivity index (χ3n) is 4.37. The lowest BCUT2D eigenvalue weighted by Crippen LogP contribution is -2.40. The Labute approximate surface area is 146 Å². The molecule has 0 unspecified atom stereocenters. The Morgan fingerprint density at radius 2 is 1.64 bits per heavy atom. The van der Waals surface area contributed by atoms with E-state index in [2.05, 4.69) is 23.7 Å². The van der Waals surface area contributed by atoms with Gasteiger partial charge in [-0.15, -0.1) is 5.53 Å². The van der Waals surface area contributed by atoms with Gasteiger partial charge in [-0.3, -0.25) is 14.8 Å². The van der Waals surface area contributed by atoms with Crippen LogP contribution < -0.4 is 5.53 Å². The average molecular weight is 329 g/mol.